The highest BCUT2D eigenvalue weighted by Gasteiger charge is 2.39. The number of para-hydroxylation sites is 1. The molecule has 2 aliphatic heterocycles. The number of anilines is 1. The molecule has 0 atom stereocenters. The van der Waals surface area contributed by atoms with Crippen molar-refractivity contribution in [2.75, 3.05) is 38.2 Å². The van der Waals surface area contributed by atoms with Gasteiger partial charge in [-0.1, -0.05) is 24.3 Å². The molecule has 6 nitrogen and oxygen atoms in total. The van der Waals surface area contributed by atoms with E-state index in [2.05, 4.69) is 10.2 Å². The first-order valence-corrected chi connectivity index (χ1v) is 9.34. The van der Waals surface area contributed by atoms with Crippen LogP contribution in [0.25, 0.3) is 0 Å². The minimum Gasteiger partial charge on any atom is -0.457 e. The SMILES string of the molecule is O=C(CN1CCC2(CC1)OCCO2)Nc1cccc(Oc2ccccc2)c1. The molecule has 2 aliphatic rings. The monoisotopic (exact) mass is 368 g/mol. The van der Waals surface area contributed by atoms with Gasteiger partial charge in [0.1, 0.15) is 11.5 Å². The van der Waals surface area contributed by atoms with Crippen molar-refractivity contribution in [2.24, 2.45) is 0 Å². The van der Waals surface area contributed by atoms with Gasteiger partial charge in [-0.2, -0.15) is 0 Å². The first kappa shape index (κ1) is 18.0. The zero-order valence-electron chi connectivity index (χ0n) is 15.2. The van der Waals surface area contributed by atoms with Crippen molar-refractivity contribution in [3.8, 4) is 11.5 Å². The standard InChI is InChI=1S/C21H24N2O4/c24-20(16-23-11-9-21(10-12-23)25-13-14-26-21)22-17-5-4-8-19(15-17)27-18-6-2-1-3-7-18/h1-8,15H,9-14,16H2,(H,22,24). The van der Waals surface area contributed by atoms with E-state index in [-0.39, 0.29) is 5.91 Å². The van der Waals surface area contributed by atoms with Crippen molar-refractivity contribution in [1.82, 2.24) is 4.90 Å². The molecule has 2 saturated heterocycles. The van der Waals surface area contributed by atoms with Crippen LogP contribution in [0.2, 0.25) is 0 Å². The van der Waals surface area contributed by atoms with Gasteiger partial charge in [0, 0.05) is 37.7 Å². The molecule has 2 aromatic rings. The van der Waals surface area contributed by atoms with Crippen molar-refractivity contribution in [1.29, 1.82) is 0 Å². The number of rotatable bonds is 5. The zero-order chi connectivity index (χ0) is 18.5. The van der Waals surface area contributed by atoms with E-state index in [0.29, 0.717) is 25.5 Å². The zero-order valence-corrected chi connectivity index (χ0v) is 15.2. The predicted molar refractivity (Wildman–Crippen MR) is 102 cm³/mol. The summed E-state index contributed by atoms with van der Waals surface area (Å²) in [6.45, 7) is 3.29. The Morgan fingerprint density at radius 2 is 1.70 bits per heavy atom. The van der Waals surface area contributed by atoms with Crippen LogP contribution in [0.15, 0.2) is 54.6 Å². The van der Waals surface area contributed by atoms with E-state index in [1.807, 2.05) is 54.6 Å². The number of hydrogen-bond donors (Lipinski definition) is 1. The Balaban J connectivity index is 1.29. The molecule has 4 rings (SSSR count). The maximum absolute atomic E-state index is 12.4. The molecule has 0 saturated carbocycles. The first-order chi connectivity index (χ1) is 13.2. The van der Waals surface area contributed by atoms with Gasteiger partial charge in [-0.3, -0.25) is 9.69 Å². The highest BCUT2D eigenvalue weighted by Crippen LogP contribution is 2.31. The highest BCUT2D eigenvalue weighted by atomic mass is 16.7. The van der Waals surface area contributed by atoms with Crippen LogP contribution in [0.4, 0.5) is 5.69 Å². The molecule has 2 aromatic carbocycles. The minimum atomic E-state index is -0.407. The second-order valence-electron chi connectivity index (χ2n) is 6.87. The van der Waals surface area contributed by atoms with Crippen molar-refractivity contribution in [3.05, 3.63) is 54.6 Å². The number of nitrogens with zero attached hydrogens (tertiary/aromatic N) is 1. The molecular formula is C21H24N2O4. The number of hydrogen-bond acceptors (Lipinski definition) is 5. The Bertz CT molecular complexity index is 765. The van der Waals surface area contributed by atoms with E-state index in [1.165, 1.54) is 0 Å². The van der Waals surface area contributed by atoms with Gasteiger partial charge < -0.3 is 19.5 Å². The first-order valence-electron chi connectivity index (χ1n) is 9.34. The van der Waals surface area contributed by atoms with Crippen LogP contribution >= 0.6 is 0 Å². The minimum absolute atomic E-state index is 0.0314. The number of ether oxygens (including phenoxy) is 3. The smallest absolute Gasteiger partial charge is 0.238 e. The third-order valence-electron chi connectivity index (χ3n) is 4.90. The summed E-state index contributed by atoms with van der Waals surface area (Å²) in [5, 5.41) is 2.95. The summed E-state index contributed by atoms with van der Waals surface area (Å²) in [6.07, 6.45) is 1.61. The number of carbonyl (C=O) groups excluding carboxylic acids is 1. The second kappa shape index (κ2) is 8.08. The van der Waals surface area contributed by atoms with Crippen molar-refractivity contribution < 1.29 is 19.0 Å². The molecular weight excluding hydrogens is 344 g/mol. The molecule has 0 unspecified atom stereocenters. The van der Waals surface area contributed by atoms with E-state index < -0.39 is 5.79 Å². The Morgan fingerprint density at radius 3 is 2.44 bits per heavy atom. The molecule has 1 spiro atoms. The summed E-state index contributed by atoms with van der Waals surface area (Å²) in [5.41, 5.74) is 0.726. The van der Waals surface area contributed by atoms with Gasteiger partial charge in [0.05, 0.1) is 19.8 Å². The third kappa shape index (κ3) is 4.66. The van der Waals surface area contributed by atoms with Crippen LogP contribution in [-0.4, -0.2) is 49.4 Å². The topological polar surface area (TPSA) is 60.0 Å². The Labute approximate surface area is 159 Å². The lowest BCUT2D eigenvalue weighted by Crippen LogP contribution is -2.47. The Morgan fingerprint density at radius 1 is 1.00 bits per heavy atom. The number of benzene rings is 2. The fraction of sp³-hybridized carbons (Fsp3) is 0.381. The molecule has 0 bridgehead atoms. The van der Waals surface area contributed by atoms with E-state index >= 15 is 0 Å². The molecule has 0 aromatic heterocycles. The summed E-state index contributed by atoms with van der Waals surface area (Å²) >= 11 is 0. The molecule has 142 valence electrons. The van der Waals surface area contributed by atoms with Gasteiger partial charge in [-0.25, -0.2) is 0 Å². The molecule has 6 heteroatoms. The largest absolute Gasteiger partial charge is 0.457 e. The number of carbonyl (C=O) groups is 1. The third-order valence-corrected chi connectivity index (χ3v) is 4.90. The number of amides is 1. The fourth-order valence-electron chi connectivity index (χ4n) is 3.50. The van der Waals surface area contributed by atoms with Gasteiger partial charge in [-0.05, 0) is 24.3 Å². The van der Waals surface area contributed by atoms with E-state index in [1.54, 1.807) is 0 Å². The van der Waals surface area contributed by atoms with Crippen molar-refractivity contribution in [2.45, 2.75) is 18.6 Å². The fourth-order valence-corrected chi connectivity index (χ4v) is 3.50. The average Bonchev–Trinajstić information content (AvgIpc) is 3.13. The predicted octanol–water partition coefficient (Wildman–Crippen LogP) is 3.26. The van der Waals surface area contributed by atoms with Crippen LogP contribution in [-0.2, 0) is 14.3 Å². The van der Waals surface area contributed by atoms with Crippen LogP contribution < -0.4 is 10.1 Å². The molecule has 1 amide bonds. The average molecular weight is 368 g/mol. The van der Waals surface area contributed by atoms with Crippen LogP contribution in [0.3, 0.4) is 0 Å². The number of piperidine rings is 1. The van der Waals surface area contributed by atoms with Crippen LogP contribution in [0, 0.1) is 0 Å². The molecule has 0 aliphatic carbocycles. The molecule has 2 fully saturated rings. The lowest BCUT2D eigenvalue weighted by atomic mass is 10.0. The Kier molecular flexibility index (Phi) is 5.38. The summed E-state index contributed by atoms with van der Waals surface area (Å²) in [6, 6.07) is 17.0. The molecule has 1 N–H and O–H groups in total. The molecule has 27 heavy (non-hydrogen) atoms. The number of nitrogens with one attached hydrogen (secondary N) is 1. The summed E-state index contributed by atoms with van der Waals surface area (Å²) in [4.78, 5) is 14.5. The maximum atomic E-state index is 12.4. The highest BCUT2D eigenvalue weighted by molar-refractivity contribution is 5.92. The second-order valence-corrected chi connectivity index (χ2v) is 6.87. The van der Waals surface area contributed by atoms with E-state index in [0.717, 1.165) is 37.4 Å². The van der Waals surface area contributed by atoms with Crippen LogP contribution in [0.1, 0.15) is 12.8 Å². The Hall–Kier alpha value is -2.41. The van der Waals surface area contributed by atoms with E-state index in [4.69, 9.17) is 14.2 Å². The molecule has 0 radical (unpaired) electrons. The van der Waals surface area contributed by atoms with Gasteiger partial charge in [0.2, 0.25) is 5.91 Å². The van der Waals surface area contributed by atoms with E-state index in [9.17, 15) is 4.79 Å². The van der Waals surface area contributed by atoms with Crippen molar-refractivity contribution >= 4 is 11.6 Å². The van der Waals surface area contributed by atoms with Gasteiger partial charge >= 0.3 is 0 Å². The van der Waals surface area contributed by atoms with Crippen LogP contribution in [0.5, 0.6) is 11.5 Å². The number of likely N-dealkylation sites (tertiary alicyclic amines) is 1. The normalized spacial score (nSPS) is 19.1. The van der Waals surface area contributed by atoms with Gasteiger partial charge in [-0.15, -0.1) is 0 Å². The summed E-state index contributed by atoms with van der Waals surface area (Å²) in [5.74, 6) is 1.01. The maximum Gasteiger partial charge on any atom is 0.238 e. The lowest BCUT2D eigenvalue weighted by Gasteiger charge is -2.37. The van der Waals surface area contributed by atoms with Gasteiger partial charge in [0.15, 0.2) is 5.79 Å². The summed E-state index contributed by atoms with van der Waals surface area (Å²) < 4.78 is 17.3. The molecule has 2 heterocycles. The quantitative estimate of drug-likeness (QED) is 0.878. The van der Waals surface area contributed by atoms with Crippen molar-refractivity contribution in [3.63, 3.8) is 0 Å². The summed E-state index contributed by atoms with van der Waals surface area (Å²) in [7, 11) is 0. The van der Waals surface area contributed by atoms with Gasteiger partial charge in [0.25, 0.3) is 0 Å². The lowest BCUT2D eigenvalue weighted by molar-refractivity contribution is -0.185.